The van der Waals surface area contributed by atoms with Gasteiger partial charge in [-0.25, -0.2) is 0 Å². The van der Waals surface area contributed by atoms with Gasteiger partial charge in [-0.2, -0.15) is 0 Å². The van der Waals surface area contributed by atoms with Gasteiger partial charge in [0.05, 0.1) is 11.7 Å². The molecule has 0 aliphatic heterocycles. The van der Waals surface area contributed by atoms with Crippen LogP contribution >= 0.6 is 0 Å². The summed E-state index contributed by atoms with van der Waals surface area (Å²) in [6.07, 6.45) is 2.59. The standard InChI is InChI=1S/C10H20O2/c1-5-8(2)9(11)6-7-10(3,4)12/h5,8-9,11-12H,1,6-7H2,2-4H3. The van der Waals surface area contributed by atoms with E-state index < -0.39 is 5.60 Å². The minimum atomic E-state index is -0.679. The predicted octanol–water partition coefficient (Wildman–Crippen LogP) is 1.72. The third-order valence-corrected chi connectivity index (χ3v) is 2.03. The van der Waals surface area contributed by atoms with E-state index in [4.69, 9.17) is 0 Å². The van der Waals surface area contributed by atoms with Crippen molar-refractivity contribution in [2.24, 2.45) is 5.92 Å². The monoisotopic (exact) mass is 172 g/mol. The molecular formula is C10H20O2. The molecule has 2 heteroatoms. The van der Waals surface area contributed by atoms with Crippen LogP contribution in [0.15, 0.2) is 12.7 Å². The van der Waals surface area contributed by atoms with Crippen LogP contribution in [0, 0.1) is 5.92 Å². The molecule has 12 heavy (non-hydrogen) atoms. The van der Waals surface area contributed by atoms with Crippen LogP contribution in [-0.2, 0) is 0 Å². The maximum absolute atomic E-state index is 9.50. The fourth-order valence-corrected chi connectivity index (χ4v) is 0.921. The van der Waals surface area contributed by atoms with Crippen molar-refractivity contribution in [3.63, 3.8) is 0 Å². The predicted molar refractivity (Wildman–Crippen MR) is 50.9 cm³/mol. The Labute approximate surface area is 74.9 Å². The van der Waals surface area contributed by atoms with Crippen molar-refractivity contribution in [3.05, 3.63) is 12.7 Å². The fraction of sp³-hybridized carbons (Fsp3) is 0.800. The summed E-state index contributed by atoms with van der Waals surface area (Å²) in [7, 11) is 0. The Morgan fingerprint density at radius 3 is 2.33 bits per heavy atom. The molecule has 0 amide bonds. The molecule has 0 heterocycles. The third-order valence-electron chi connectivity index (χ3n) is 2.03. The highest BCUT2D eigenvalue weighted by Gasteiger charge is 2.17. The topological polar surface area (TPSA) is 40.5 Å². The lowest BCUT2D eigenvalue weighted by molar-refractivity contribution is 0.0412. The second-order valence-electron chi connectivity index (χ2n) is 4.01. The summed E-state index contributed by atoms with van der Waals surface area (Å²) < 4.78 is 0. The number of aliphatic hydroxyl groups is 2. The molecule has 0 saturated carbocycles. The molecular weight excluding hydrogens is 152 g/mol. The zero-order valence-corrected chi connectivity index (χ0v) is 8.25. The molecule has 0 aromatic carbocycles. The van der Waals surface area contributed by atoms with Crippen LogP contribution in [-0.4, -0.2) is 21.9 Å². The zero-order valence-electron chi connectivity index (χ0n) is 8.25. The smallest absolute Gasteiger partial charge is 0.0601 e. The molecule has 0 rings (SSSR count). The third kappa shape index (κ3) is 5.33. The second-order valence-corrected chi connectivity index (χ2v) is 4.01. The minimum Gasteiger partial charge on any atom is -0.393 e. The average Bonchev–Trinajstić information content (AvgIpc) is 1.97. The molecule has 72 valence electrons. The SMILES string of the molecule is C=CC(C)C(O)CCC(C)(C)O. The maximum Gasteiger partial charge on any atom is 0.0601 e. The molecule has 0 aliphatic carbocycles. The van der Waals surface area contributed by atoms with Crippen LogP contribution in [0.5, 0.6) is 0 Å². The van der Waals surface area contributed by atoms with Gasteiger partial charge in [0.25, 0.3) is 0 Å². The molecule has 0 bridgehead atoms. The number of hydrogen-bond donors (Lipinski definition) is 2. The first kappa shape index (κ1) is 11.7. The van der Waals surface area contributed by atoms with Crippen molar-refractivity contribution >= 4 is 0 Å². The van der Waals surface area contributed by atoms with E-state index in [1.807, 2.05) is 6.92 Å². The molecule has 2 nitrogen and oxygen atoms in total. The first-order chi connectivity index (χ1) is 5.37. The van der Waals surface area contributed by atoms with E-state index in [1.54, 1.807) is 19.9 Å². The number of hydrogen-bond acceptors (Lipinski definition) is 2. The summed E-state index contributed by atoms with van der Waals surface area (Å²) in [6.45, 7) is 9.02. The van der Waals surface area contributed by atoms with Gasteiger partial charge >= 0.3 is 0 Å². The quantitative estimate of drug-likeness (QED) is 0.620. The van der Waals surface area contributed by atoms with Crippen LogP contribution in [0.3, 0.4) is 0 Å². The van der Waals surface area contributed by atoms with E-state index in [2.05, 4.69) is 6.58 Å². The van der Waals surface area contributed by atoms with Crippen molar-refractivity contribution in [2.75, 3.05) is 0 Å². The normalized spacial score (nSPS) is 17.1. The largest absolute Gasteiger partial charge is 0.393 e. The Morgan fingerprint density at radius 2 is 2.00 bits per heavy atom. The van der Waals surface area contributed by atoms with Gasteiger partial charge in [-0.3, -0.25) is 0 Å². The molecule has 0 aromatic heterocycles. The molecule has 0 spiro atoms. The van der Waals surface area contributed by atoms with Crippen LogP contribution in [0.2, 0.25) is 0 Å². The summed E-state index contributed by atoms with van der Waals surface area (Å²) in [6, 6.07) is 0. The molecule has 2 atom stereocenters. The van der Waals surface area contributed by atoms with Crippen LogP contribution < -0.4 is 0 Å². The van der Waals surface area contributed by atoms with E-state index in [0.717, 1.165) is 0 Å². The zero-order chi connectivity index (χ0) is 9.78. The molecule has 0 aromatic rings. The van der Waals surface area contributed by atoms with Gasteiger partial charge in [-0.1, -0.05) is 13.0 Å². The van der Waals surface area contributed by atoms with E-state index >= 15 is 0 Å². The average molecular weight is 172 g/mol. The summed E-state index contributed by atoms with van der Waals surface area (Å²) >= 11 is 0. The highest BCUT2D eigenvalue weighted by atomic mass is 16.3. The van der Waals surface area contributed by atoms with Gasteiger partial charge in [0.2, 0.25) is 0 Å². The van der Waals surface area contributed by atoms with Crippen molar-refractivity contribution in [2.45, 2.75) is 45.3 Å². The van der Waals surface area contributed by atoms with E-state index in [9.17, 15) is 10.2 Å². The second kappa shape index (κ2) is 4.63. The maximum atomic E-state index is 9.50. The molecule has 0 aliphatic rings. The first-order valence-corrected chi connectivity index (χ1v) is 4.40. The van der Waals surface area contributed by atoms with Gasteiger partial charge < -0.3 is 10.2 Å². The van der Waals surface area contributed by atoms with Crippen molar-refractivity contribution in [1.82, 2.24) is 0 Å². The van der Waals surface area contributed by atoms with Crippen molar-refractivity contribution in [3.8, 4) is 0 Å². The van der Waals surface area contributed by atoms with E-state index in [0.29, 0.717) is 12.8 Å². The molecule has 0 saturated heterocycles. The van der Waals surface area contributed by atoms with Crippen molar-refractivity contribution in [1.29, 1.82) is 0 Å². The Kier molecular flexibility index (Phi) is 4.50. The van der Waals surface area contributed by atoms with Gasteiger partial charge in [0.15, 0.2) is 0 Å². The first-order valence-electron chi connectivity index (χ1n) is 4.40. The van der Waals surface area contributed by atoms with Crippen LogP contribution in [0.1, 0.15) is 33.6 Å². The Hall–Kier alpha value is -0.340. The lowest BCUT2D eigenvalue weighted by Crippen LogP contribution is -2.24. The summed E-state index contributed by atoms with van der Waals surface area (Å²) in [5.41, 5.74) is -0.679. The molecule has 0 fully saturated rings. The highest BCUT2D eigenvalue weighted by Crippen LogP contribution is 2.16. The summed E-state index contributed by atoms with van der Waals surface area (Å²) in [4.78, 5) is 0. The van der Waals surface area contributed by atoms with Crippen molar-refractivity contribution < 1.29 is 10.2 Å². The van der Waals surface area contributed by atoms with Gasteiger partial charge in [0.1, 0.15) is 0 Å². The van der Waals surface area contributed by atoms with Crippen LogP contribution in [0.4, 0.5) is 0 Å². The fourth-order valence-electron chi connectivity index (χ4n) is 0.921. The van der Waals surface area contributed by atoms with Gasteiger partial charge in [-0.15, -0.1) is 6.58 Å². The van der Waals surface area contributed by atoms with E-state index in [-0.39, 0.29) is 12.0 Å². The van der Waals surface area contributed by atoms with Gasteiger partial charge in [0, 0.05) is 0 Å². The number of aliphatic hydroxyl groups excluding tert-OH is 1. The lowest BCUT2D eigenvalue weighted by Gasteiger charge is -2.21. The lowest BCUT2D eigenvalue weighted by atomic mass is 9.94. The Balaban J connectivity index is 3.71. The van der Waals surface area contributed by atoms with Crippen LogP contribution in [0.25, 0.3) is 0 Å². The Morgan fingerprint density at radius 1 is 1.50 bits per heavy atom. The van der Waals surface area contributed by atoms with Gasteiger partial charge in [-0.05, 0) is 32.6 Å². The summed E-state index contributed by atoms with van der Waals surface area (Å²) in [5, 5.41) is 18.9. The number of rotatable bonds is 5. The minimum absolute atomic E-state index is 0.104. The highest BCUT2D eigenvalue weighted by molar-refractivity contribution is 4.82. The molecule has 2 N–H and O–H groups in total. The molecule has 0 radical (unpaired) electrons. The Bertz CT molecular complexity index is 135. The summed E-state index contributed by atoms with van der Waals surface area (Å²) in [5.74, 6) is 0.104. The van der Waals surface area contributed by atoms with E-state index in [1.165, 1.54) is 0 Å². The molecule has 2 unspecified atom stereocenters.